The second kappa shape index (κ2) is 9.74. The van der Waals surface area contributed by atoms with Crippen LogP contribution in [0.3, 0.4) is 0 Å². The Morgan fingerprint density at radius 1 is 1.08 bits per heavy atom. The summed E-state index contributed by atoms with van der Waals surface area (Å²) in [6, 6.07) is 10.5. The second-order valence-corrected chi connectivity index (χ2v) is 5.80. The average molecular weight is 377 g/mol. The highest BCUT2D eigenvalue weighted by atomic mass is 35.5. The van der Waals surface area contributed by atoms with E-state index in [1.54, 1.807) is 41.4 Å². The quantitative estimate of drug-likeness (QED) is 0.692. The molecule has 0 unspecified atom stereocenters. The fourth-order valence-corrected chi connectivity index (χ4v) is 2.46. The summed E-state index contributed by atoms with van der Waals surface area (Å²) in [6.07, 6.45) is 1.54. The van der Waals surface area contributed by atoms with Crippen molar-refractivity contribution in [3.63, 3.8) is 0 Å². The number of ether oxygens (including phenoxy) is 1. The molecule has 8 heteroatoms. The van der Waals surface area contributed by atoms with Crippen LogP contribution in [0.5, 0.6) is 5.75 Å². The Hall–Kier alpha value is -2.64. The zero-order chi connectivity index (χ0) is 18.9. The summed E-state index contributed by atoms with van der Waals surface area (Å²) in [5.41, 5.74) is 1.02. The molecule has 0 atom stereocenters. The van der Waals surface area contributed by atoms with Gasteiger partial charge in [0, 0.05) is 6.20 Å². The third-order valence-corrected chi connectivity index (χ3v) is 3.90. The van der Waals surface area contributed by atoms with E-state index in [2.05, 4.69) is 15.6 Å². The van der Waals surface area contributed by atoms with Crippen molar-refractivity contribution >= 4 is 34.8 Å². The molecule has 1 aromatic carbocycles. The van der Waals surface area contributed by atoms with Gasteiger partial charge < -0.3 is 15.4 Å². The van der Waals surface area contributed by atoms with Crippen molar-refractivity contribution in [2.45, 2.75) is 6.92 Å². The predicted octanol–water partition coefficient (Wildman–Crippen LogP) is 2.64. The number of aromatic nitrogens is 1. The Labute approximate surface area is 157 Å². The van der Waals surface area contributed by atoms with Gasteiger partial charge >= 0.3 is 0 Å². The van der Waals surface area contributed by atoms with Gasteiger partial charge in [-0.25, -0.2) is 4.98 Å². The minimum atomic E-state index is -0.271. The first-order valence-electron chi connectivity index (χ1n) is 8.09. The molecule has 1 aromatic heterocycles. The number of rotatable bonds is 8. The lowest BCUT2D eigenvalue weighted by atomic mass is 10.3. The van der Waals surface area contributed by atoms with Crippen LogP contribution in [-0.2, 0) is 9.59 Å². The van der Waals surface area contributed by atoms with Crippen molar-refractivity contribution < 1.29 is 14.3 Å². The molecule has 2 amide bonds. The van der Waals surface area contributed by atoms with Gasteiger partial charge in [0.1, 0.15) is 5.75 Å². The van der Waals surface area contributed by atoms with Crippen LogP contribution in [0.25, 0.3) is 0 Å². The van der Waals surface area contributed by atoms with E-state index >= 15 is 0 Å². The van der Waals surface area contributed by atoms with E-state index in [0.717, 1.165) is 0 Å². The first-order chi connectivity index (χ1) is 12.5. The van der Waals surface area contributed by atoms with E-state index in [9.17, 15) is 9.59 Å². The summed E-state index contributed by atoms with van der Waals surface area (Å²) in [5, 5.41) is 5.70. The molecular formula is C18H21ClN4O3. The lowest BCUT2D eigenvalue weighted by Crippen LogP contribution is -2.38. The molecule has 0 spiro atoms. The Kier molecular flexibility index (Phi) is 7.37. The zero-order valence-corrected chi connectivity index (χ0v) is 15.4. The van der Waals surface area contributed by atoms with Gasteiger partial charge in [-0.2, -0.15) is 0 Å². The Bertz CT molecular complexity index is 770. The standard InChI is InChI=1S/C18H21ClN4O3/c1-3-23(12-17(25)22-14-8-6-10-20-18(14)19)11-16(24)21-13-7-4-5-9-15(13)26-2/h4-10H,3,11-12H2,1-2H3,(H,21,24)(H,22,25). The summed E-state index contributed by atoms with van der Waals surface area (Å²) >= 11 is 5.93. The largest absolute Gasteiger partial charge is 0.495 e. The summed E-state index contributed by atoms with van der Waals surface area (Å²) in [4.78, 5) is 30.1. The van der Waals surface area contributed by atoms with Crippen LogP contribution in [0, 0.1) is 0 Å². The van der Waals surface area contributed by atoms with E-state index in [0.29, 0.717) is 23.7 Å². The maximum Gasteiger partial charge on any atom is 0.238 e. The van der Waals surface area contributed by atoms with Crippen molar-refractivity contribution in [1.29, 1.82) is 0 Å². The molecule has 0 aliphatic heterocycles. The number of carbonyl (C=O) groups is 2. The lowest BCUT2D eigenvalue weighted by Gasteiger charge is -2.20. The number of pyridine rings is 1. The third-order valence-electron chi connectivity index (χ3n) is 3.60. The number of carbonyl (C=O) groups excluding carboxylic acids is 2. The van der Waals surface area contributed by atoms with Crippen LogP contribution in [0.4, 0.5) is 11.4 Å². The average Bonchev–Trinajstić information content (AvgIpc) is 2.63. The van der Waals surface area contributed by atoms with Gasteiger partial charge in [-0.1, -0.05) is 30.7 Å². The minimum Gasteiger partial charge on any atom is -0.495 e. The van der Waals surface area contributed by atoms with Crippen LogP contribution in [0.1, 0.15) is 6.92 Å². The normalized spacial score (nSPS) is 10.5. The molecule has 0 saturated carbocycles. The first-order valence-corrected chi connectivity index (χ1v) is 8.46. The van der Waals surface area contributed by atoms with Crippen LogP contribution in [-0.4, -0.2) is 48.4 Å². The Morgan fingerprint density at radius 3 is 2.31 bits per heavy atom. The molecule has 0 aliphatic rings. The monoisotopic (exact) mass is 376 g/mol. The summed E-state index contributed by atoms with van der Waals surface area (Å²) < 4.78 is 5.21. The number of methoxy groups -OCH3 is 1. The summed E-state index contributed by atoms with van der Waals surface area (Å²) in [7, 11) is 1.54. The van der Waals surface area contributed by atoms with Gasteiger partial charge in [0.2, 0.25) is 11.8 Å². The zero-order valence-electron chi connectivity index (χ0n) is 14.7. The molecule has 0 bridgehead atoms. The van der Waals surface area contributed by atoms with E-state index in [1.807, 2.05) is 13.0 Å². The molecule has 1 heterocycles. The van der Waals surface area contributed by atoms with Crippen LogP contribution >= 0.6 is 11.6 Å². The molecule has 0 fully saturated rings. The molecule has 138 valence electrons. The van der Waals surface area contributed by atoms with Gasteiger partial charge in [-0.3, -0.25) is 14.5 Å². The molecule has 2 aromatic rings. The van der Waals surface area contributed by atoms with Crippen molar-refractivity contribution in [3.8, 4) is 5.75 Å². The fourth-order valence-electron chi connectivity index (χ4n) is 2.29. The van der Waals surface area contributed by atoms with Crippen LogP contribution in [0.15, 0.2) is 42.6 Å². The van der Waals surface area contributed by atoms with E-state index in [4.69, 9.17) is 16.3 Å². The SMILES string of the molecule is CCN(CC(=O)Nc1ccccc1OC)CC(=O)Nc1cccnc1Cl. The minimum absolute atomic E-state index is 0.0566. The predicted molar refractivity (Wildman–Crippen MR) is 102 cm³/mol. The first kappa shape index (κ1) is 19.7. The molecular weight excluding hydrogens is 356 g/mol. The van der Waals surface area contributed by atoms with Crippen molar-refractivity contribution in [2.24, 2.45) is 0 Å². The third kappa shape index (κ3) is 5.72. The maximum absolute atomic E-state index is 12.3. The number of likely N-dealkylation sites (N-methyl/N-ethyl adjacent to an activating group) is 1. The van der Waals surface area contributed by atoms with Gasteiger partial charge in [-0.05, 0) is 30.8 Å². The summed E-state index contributed by atoms with van der Waals surface area (Å²) in [6.45, 7) is 2.54. The molecule has 0 saturated heterocycles. The highest BCUT2D eigenvalue weighted by Gasteiger charge is 2.15. The van der Waals surface area contributed by atoms with Gasteiger partial charge in [0.05, 0.1) is 31.6 Å². The smallest absolute Gasteiger partial charge is 0.238 e. The highest BCUT2D eigenvalue weighted by molar-refractivity contribution is 6.32. The fraction of sp³-hybridized carbons (Fsp3) is 0.278. The van der Waals surface area contributed by atoms with Gasteiger partial charge in [-0.15, -0.1) is 0 Å². The van der Waals surface area contributed by atoms with E-state index < -0.39 is 0 Å². The van der Waals surface area contributed by atoms with Crippen molar-refractivity contribution in [1.82, 2.24) is 9.88 Å². The number of para-hydroxylation sites is 2. The van der Waals surface area contributed by atoms with E-state index in [-0.39, 0.29) is 30.1 Å². The summed E-state index contributed by atoms with van der Waals surface area (Å²) in [5.74, 6) is 0.0725. The lowest BCUT2D eigenvalue weighted by molar-refractivity contribution is -0.119. The number of hydrogen-bond acceptors (Lipinski definition) is 5. The second-order valence-electron chi connectivity index (χ2n) is 5.44. The van der Waals surface area contributed by atoms with Crippen molar-refractivity contribution in [3.05, 3.63) is 47.7 Å². The molecule has 2 N–H and O–H groups in total. The molecule has 0 radical (unpaired) electrons. The molecule has 0 aliphatic carbocycles. The van der Waals surface area contributed by atoms with Gasteiger partial charge in [0.25, 0.3) is 0 Å². The number of nitrogens with zero attached hydrogens (tertiary/aromatic N) is 2. The van der Waals surface area contributed by atoms with E-state index in [1.165, 1.54) is 7.11 Å². The number of hydrogen-bond donors (Lipinski definition) is 2. The molecule has 26 heavy (non-hydrogen) atoms. The topological polar surface area (TPSA) is 83.6 Å². The number of nitrogens with one attached hydrogen (secondary N) is 2. The Morgan fingerprint density at radius 2 is 1.69 bits per heavy atom. The highest BCUT2D eigenvalue weighted by Crippen LogP contribution is 2.22. The van der Waals surface area contributed by atoms with Crippen LogP contribution in [0.2, 0.25) is 5.15 Å². The van der Waals surface area contributed by atoms with Gasteiger partial charge in [0.15, 0.2) is 5.15 Å². The maximum atomic E-state index is 12.3. The number of halogens is 1. The number of amides is 2. The molecule has 7 nitrogen and oxygen atoms in total. The molecule has 2 rings (SSSR count). The number of benzene rings is 1. The number of anilines is 2. The van der Waals surface area contributed by atoms with Crippen molar-refractivity contribution in [2.75, 3.05) is 37.4 Å². The van der Waals surface area contributed by atoms with Crippen LogP contribution < -0.4 is 15.4 Å². The Balaban J connectivity index is 1.91.